The number of halogens is 1. The first-order valence-corrected chi connectivity index (χ1v) is 8.06. The number of benzene rings is 1. The number of likely N-dealkylation sites (N-methyl/N-ethyl adjacent to an activating group) is 1. The van der Waals surface area contributed by atoms with Crippen molar-refractivity contribution in [1.29, 1.82) is 0 Å². The molecule has 1 aromatic carbocycles. The summed E-state index contributed by atoms with van der Waals surface area (Å²) in [6.07, 6.45) is 0. The van der Waals surface area contributed by atoms with E-state index in [2.05, 4.69) is 32.4 Å². The third kappa shape index (κ3) is 2.48. The van der Waals surface area contributed by atoms with Crippen molar-refractivity contribution < 1.29 is 5.11 Å². The van der Waals surface area contributed by atoms with E-state index in [-0.39, 0.29) is 5.75 Å². The Balaban J connectivity index is 1.76. The summed E-state index contributed by atoms with van der Waals surface area (Å²) in [6.45, 7) is 3.87. The van der Waals surface area contributed by atoms with Gasteiger partial charge < -0.3 is 20.2 Å². The predicted octanol–water partition coefficient (Wildman–Crippen LogP) is 2.05. The number of anilines is 2. The minimum atomic E-state index is 0.0436. The molecule has 0 bridgehead atoms. The van der Waals surface area contributed by atoms with Gasteiger partial charge in [-0.1, -0.05) is 17.7 Å². The number of aromatic hydroxyl groups is 1. The van der Waals surface area contributed by atoms with Gasteiger partial charge in [-0.05, 0) is 25.2 Å². The Morgan fingerprint density at radius 2 is 2.17 bits per heavy atom. The van der Waals surface area contributed by atoms with Gasteiger partial charge in [0.05, 0.1) is 22.4 Å². The van der Waals surface area contributed by atoms with Crippen molar-refractivity contribution in [3.63, 3.8) is 0 Å². The van der Waals surface area contributed by atoms with Crippen LogP contribution < -0.4 is 10.2 Å². The molecular weight excluding hydrogens is 314 g/mol. The van der Waals surface area contributed by atoms with Crippen molar-refractivity contribution in [3.05, 3.63) is 29.3 Å². The molecule has 0 saturated carbocycles. The molecule has 1 atom stereocenters. The highest BCUT2D eigenvalue weighted by molar-refractivity contribution is 6.32. The Morgan fingerprint density at radius 1 is 1.30 bits per heavy atom. The normalized spacial score (nSPS) is 20.6. The van der Waals surface area contributed by atoms with E-state index in [4.69, 9.17) is 11.6 Å². The maximum absolute atomic E-state index is 10.2. The smallest absolute Gasteiger partial charge is 0.172 e. The quantitative estimate of drug-likeness (QED) is 0.834. The highest BCUT2D eigenvalue weighted by atomic mass is 35.5. The number of nitrogens with one attached hydrogen (secondary N) is 1. The van der Waals surface area contributed by atoms with Crippen LogP contribution in [0.4, 0.5) is 11.5 Å². The van der Waals surface area contributed by atoms with E-state index < -0.39 is 0 Å². The van der Waals surface area contributed by atoms with E-state index in [1.807, 2.05) is 6.07 Å². The van der Waals surface area contributed by atoms with E-state index in [9.17, 15) is 5.11 Å². The summed E-state index contributed by atoms with van der Waals surface area (Å²) in [6, 6.07) is 7.67. The number of piperazine rings is 1. The lowest BCUT2D eigenvalue weighted by Gasteiger charge is -2.44. The molecule has 6 nitrogen and oxygen atoms in total. The molecule has 3 heterocycles. The third-order valence-electron chi connectivity index (χ3n) is 4.54. The lowest BCUT2D eigenvalue weighted by Crippen LogP contribution is -2.56. The van der Waals surface area contributed by atoms with Gasteiger partial charge in [-0.15, -0.1) is 10.2 Å². The SMILES string of the molecule is CN1CCN2c3cc(-c4cccc(Cl)c4O)nnc3NC[C@@H]2C1. The number of hydrogen-bond acceptors (Lipinski definition) is 6. The van der Waals surface area contributed by atoms with Gasteiger partial charge in [0.25, 0.3) is 0 Å². The molecule has 0 radical (unpaired) electrons. The zero-order valence-corrected chi connectivity index (χ0v) is 13.6. The van der Waals surface area contributed by atoms with Crippen LogP contribution in [0, 0.1) is 0 Å². The van der Waals surface area contributed by atoms with Crippen LogP contribution in [0.5, 0.6) is 5.75 Å². The number of phenolic OH excluding ortho intramolecular Hbond substituents is 1. The van der Waals surface area contributed by atoms with Gasteiger partial charge in [0, 0.05) is 31.7 Å². The van der Waals surface area contributed by atoms with Gasteiger partial charge in [0.2, 0.25) is 0 Å². The Kier molecular flexibility index (Phi) is 3.50. The fourth-order valence-electron chi connectivity index (χ4n) is 3.30. The zero-order chi connectivity index (χ0) is 16.0. The van der Waals surface area contributed by atoms with Crippen molar-refractivity contribution in [1.82, 2.24) is 15.1 Å². The summed E-state index contributed by atoms with van der Waals surface area (Å²) < 4.78 is 0. The first-order chi connectivity index (χ1) is 11.1. The molecule has 0 amide bonds. The van der Waals surface area contributed by atoms with Crippen LogP contribution in [0.2, 0.25) is 5.02 Å². The fraction of sp³-hybridized carbons (Fsp3) is 0.375. The highest BCUT2D eigenvalue weighted by Crippen LogP contribution is 2.38. The van der Waals surface area contributed by atoms with E-state index in [1.165, 1.54) is 0 Å². The maximum Gasteiger partial charge on any atom is 0.172 e. The van der Waals surface area contributed by atoms with Gasteiger partial charge in [-0.3, -0.25) is 0 Å². The molecule has 2 aliphatic heterocycles. The first-order valence-electron chi connectivity index (χ1n) is 7.68. The second-order valence-electron chi connectivity index (χ2n) is 6.09. The number of nitrogens with zero attached hydrogens (tertiary/aromatic N) is 4. The van der Waals surface area contributed by atoms with E-state index in [0.717, 1.165) is 37.7 Å². The largest absolute Gasteiger partial charge is 0.506 e. The van der Waals surface area contributed by atoms with Crippen LogP contribution in [0.25, 0.3) is 11.3 Å². The topological polar surface area (TPSA) is 64.5 Å². The Morgan fingerprint density at radius 3 is 3.04 bits per heavy atom. The molecule has 0 spiro atoms. The number of fused-ring (bicyclic) bond motifs is 3. The summed E-state index contributed by atoms with van der Waals surface area (Å²) in [5, 5.41) is 22.4. The van der Waals surface area contributed by atoms with Gasteiger partial charge in [-0.2, -0.15) is 0 Å². The molecule has 23 heavy (non-hydrogen) atoms. The molecule has 2 aromatic rings. The molecule has 7 heteroatoms. The molecule has 1 saturated heterocycles. The highest BCUT2D eigenvalue weighted by Gasteiger charge is 2.31. The van der Waals surface area contributed by atoms with Gasteiger partial charge >= 0.3 is 0 Å². The standard InChI is InChI=1S/C16H18ClN5O/c1-21-5-6-22-10(9-21)8-18-16-14(22)7-13(19-20-16)11-3-2-4-12(17)15(11)23/h2-4,7,10,23H,5-6,8-9H2,1H3,(H,18,20)/t10-/m1/s1. The van der Waals surface area contributed by atoms with Crippen molar-refractivity contribution in [2.75, 3.05) is 43.4 Å². The van der Waals surface area contributed by atoms with E-state index in [1.54, 1.807) is 18.2 Å². The summed E-state index contributed by atoms with van der Waals surface area (Å²) in [5.41, 5.74) is 2.27. The molecule has 1 aromatic heterocycles. The first kappa shape index (κ1) is 14.5. The summed E-state index contributed by atoms with van der Waals surface area (Å²) >= 11 is 6.01. The minimum absolute atomic E-state index is 0.0436. The van der Waals surface area contributed by atoms with Crippen LogP contribution in [0.15, 0.2) is 24.3 Å². The summed E-state index contributed by atoms with van der Waals surface area (Å²) in [7, 11) is 2.15. The molecule has 2 N–H and O–H groups in total. The molecule has 0 unspecified atom stereocenters. The van der Waals surface area contributed by atoms with Crippen LogP contribution in [-0.2, 0) is 0 Å². The number of hydrogen-bond donors (Lipinski definition) is 2. The van der Waals surface area contributed by atoms with E-state index >= 15 is 0 Å². The predicted molar refractivity (Wildman–Crippen MR) is 91.3 cm³/mol. The van der Waals surface area contributed by atoms with Gasteiger partial charge in [-0.25, -0.2) is 0 Å². The fourth-order valence-corrected chi connectivity index (χ4v) is 3.47. The molecule has 120 valence electrons. The number of aromatic nitrogens is 2. The lowest BCUT2D eigenvalue weighted by molar-refractivity contribution is 0.269. The molecule has 2 aliphatic rings. The molecule has 4 rings (SSSR count). The summed E-state index contributed by atoms with van der Waals surface area (Å²) in [5.74, 6) is 0.846. The Hall–Kier alpha value is -2.05. The molecule has 0 aliphatic carbocycles. The van der Waals surface area contributed by atoms with Gasteiger partial charge in [0.1, 0.15) is 5.75 Å². The van der Waals surface area contributed by atoms with Crippen LogP contribution >= 0.6 is 11.6 Å². The third-order valence-corrected chi connectivity index (χ3v) is 4.84. The van der Waals surface area contributed by atoms with E-state index in [0.29, 0.717) is 22.3 Å². The second kappa shape index (κ2) is 5.54. The molecule has 1 fully saturated rings. The van der Waals surface area contributed by atoms with Gasteiger partial charge in [0.15, 0.2) is 5.82 Å². The maximum atomic E-state index is 10.2. The monoisotopic (exact) mass is 331 g/mol. The zero-order valence-electron chi connectivity index (χ0n) is 12.8. The van der Waals surface area contributed by atoms with Crippen LogP contribution in [-0.4, -0.2) is 59.5 Å². The van der Waals surface area contributed by atoms with Crippen molar-refractivity contribution in [3.8, 4) is 17.0 Å². The number of rotatable bonds is 1. The second-order valence-corrected chi connectivity index (χ2v) is 6.50. The average Bonchev–Trinajstić information content (AvgIpc) is 2.56. The van der Waals surface area contributed by atoms with Crippen LogP contribution in [0.1, 0.15) is 0 Å². The average molecular weight is 332 g/mol. The van der Waals surface area contributed by atoms with Crippen molar-refractivity contribution in [2.24, 2.45) is 0 Å². The summed E-state index contributed by atoms with van der Waals surface area (Å²) in [4.78, 5) is 4.72. The van der Waals surface area contributed by atoms with Crippen molar-refractivity contribution in [2.45, 2.75) is 6.04 Å². The number of phenols is 1. The van der Waals surface area contributed by atoms with Crippen molar-refractivity contribution >= 4 is 23.1 Å². The molecular formula is C16H18ClN5O. The number of para-hydroxylation sites is 1. The lowest BCUT2D eigenvalue weighted by atomic mass is 10.1. The Bertz CT molecular complexity index is 753. The van der Waals surface area contributed by atoms with Crippen LogP contribution in [0.3, 0.4) is 0 Å². The Labute approximate surface area is 139 Å². The minimum Gasteiger partial charge on any atom is -0.506 e.